The highest BCUT2D eigenvalue weighted by molar-refractivity contribution is 5.33. The van der Waals surface area contributed by atoms with Gasteiger partial charge >= 0.3 is 0 Å². The predicted molar refractivity (Wildman–Crippen MR) is 52.8 cm³/mol. The number of hydrogen-bond donors (Lipinski definition) is 1. The molecule has 2 aliphatic rings. The molecule has 0 aliphatic carbocycles. The lowest BCUT2D eigenvalue weighted by atomic mass is 9.85. The Labute approximate surface area is 83.5 Å². The van der Waals surface area contributed by atoms with Gasteiger partial charge in [-0.2, -0.15) is 0 Å². The zero-order valence-corrected chi connectivity index (χ0v) is 8.12. The van der Waals surface area contributed by atoms with Gasteiger partial charge in [-0.25, -0.2) is 0 Å². The van der Waals surface area contributed by atoms with Gasteiger partial charge in [-0.3, -0.25) is 4.98 Å². The van der Waals surface area contributed by atoms with Crippen LogP contribution in [0.1, 0.15) is 24.0 Å². The summed E-state index contributed by atoms with van der Waals surface area (Å²) < 4.78 is 5.97. The molecule has 0 unspecified atom stereocenters. The van der Waals surface area contributed by atoms with E-state index in [1.807, 2.05) is 12.4 Å². The number of nitrogens with zero attached hydrogens (tertiary/aromatic N) is 1. The molecule has 2 aliphatic heterocycles. The van der Waals surface area contributed by atoms with E-state index >= 15 is 0 Å². The van der Waals surface area contributed by atoms with Crippen LogP contribution in [0.25, 0.3) is 0 Å². The van der Waals surface area contributed by atoms with E-state index in [2.05, 4.69) is 16.4 Å². The van der Waals surface area contributed by atoms with Crippen LogP contribution in [-0.2, 0) is 16.9 Å². The maximum absolute atomic E-state index is 5.97. The highest BCUT2D eigenvalue weighted by atomic mass is 16.5. The topological polar surface area (TPSA) is 34.1 Å². The van der Waals surface area contributed by atoms with Gasteiger partial charge in [0.2, 0.25) is 0 Å². The molecule has 1 fully saturated rings. The average Bonchev–Trinajstić information content (AvgIpc) is 2.60. The lowest BCUT2D eigenvalue weighted by molar-refractivity contribution is -0.0590. The third-order valence-corrected chi connectivity index (χ3v) is 3.31. The van der Waals surface area contributed by atoms with Gasteiger partial charge in [0, 0.05) is 18.0 Å². The van der Waals surface area contributed by atoms with Crippen molar-refractivity contribution < 1.29 is 4.74 Å². The second kappa shape index (κ2) is 3.04. The number of hydrogen-bond acceptors (Lipinski definition) is 3. The van der Waals surface area contributed by atoms with E-state index in [9.17, 15) is 0 Å². The van der Waals surface area contributed by atoms with Crippen molar-refractivity contribution in [2.24, 2.45) is 0 Å². The monoisotopic (exact) mass is 190 g/mol. The highest BCUT2D eigenvalue weighted by Crippen LogP contribution is 2.42. The molecule has 1 aromatic rings. The van der Waals surface area contributed by atoms with Crippen molar-refractivity contribution >= 4 is 0 Å². The van der Waals surface area contributed by atoms with E-state index in [4.69, 9.17) is 4.74 Å². The van der Waals surface area contributed by atoms with Gasteiger partial charge in [0.1, 0.15) is 0 Å². The second-order valence-electron chi connectivity index (χ2n) is 4.07. The van der Waals surface area contributed by atoms with E-state index < -0.39 is 0 Å². The first kappa shape index (κ1) is 8.38. The Hall–Kier alpha value is -0.930. The molecule has 14 heavy (non-hydrogen) atoms. The van der Waals surface area contributed by atoms with Crippen molar-refractivity contribution in [2.45, 2.75) is 25.0 Å². The molecule has 1 spiro atoms. The summed E-state index contributed by atoms with van der Waals surface area (Å²) in [7, 11) is 0. The normalized spacial score (nSPS) is 23.7. The molecule has 0 atom stereocenters. The quantitative estimate of drug-likeness (QED) is 0.667. The Kier molecular flexibility index (Phi) is 1.82. The van der Waals surface area contributed by atoms with E-state index in [1.54, 1.807) is 0 Å². The van der Waals surface area contributed by atoms with Crippen LogP contribution >= 0.6 is 0 Å². The van der Waals surface area contributed by atoms with Crippen LogP contribution in [0, 0.1) is 0 Å². The summed E-state index contributed by atoms with van der Waals surface area (Å²) in [6.45, 7) is 2.85. The first-order chi connectivity index (χ1) is 6.91. The molecule has 3 heteroatoms. The number of aromatic nitrogens is 1. The molecule has 1 aromatic heterocycles. The Balaban J connectivity index is 2.03. The van der Waals surface area contributed by atoms with Crippen molar-refractivity contribution in [3.05, 3.63) is 29.6 Å². The number of ether oxygens (including phenoxy) is 1. The molecule has 0 bridgehead atoms. The largest absolute Gasteiger partial charge is 0.365 e. The zero-order valence-electron chi connectivity index (χ0n) is 8.12. The molecule has 0 amide bonds. The van der Waals surface area contributed by atoms with Gasteiger partial charge in [0.05, 0.1) is 12.2 Å². The summed E-state index contributed by atoms with van der Waals surface area (Å²) in [5.41, 5.74) is 2.65. The number of piperidine rings is 1. The summed E-state index contributed by atoms with van der Waals surface area (Å²) in [6.07, 6.45) is 5.98. The Bertz CT molecular complexity index is 339. The highest BCUT2D eigenvalue weighted by Gasteiger charge is 2.40. The van der Waals surface area contributed by atoms with Crippen molar-refractivity contribution in [2.75, 3.05) is 13.1 Å². The predicted octanol–water partition coefficient (Wildman–Crippen LogP) is 1.19. The van der Waals surface area contributed by atoms with E-state index in [0.29, 0.717) is 0 Å². The first-order valence-corrected chi connectivity index (χ1v) is 5.19. The third-order valence-electron chi connectivity index (χ3n) is 3.31. The van der Waals surface area contributed by atoms with Crippen molar-refractivity contribution in [3.63, 3.8) is 0 Å². The lowest BCUT2D eigenvalue weighted by Gasteiger charge is -2.33. The van der Waals surface area contributed by atoms with Crippen LogP contribution in [0.2, 0.25) is 0 Å². The molecule has 3 heterocycles. The minimum Gasteiger partial charge on any atom is -0.365 e. The van der Waals surface area contributed by atoms with Crippen LogP contribution in [-0.4, -0.2) is 18.1 Å². The molecule has 3 nitrogen and oxygen atoms in total. The van der Waals surface area contributed by atoms with Crippen molar-refractivity contribution in [1.29, 1.82) is 0 Å². The molecule has 1 N–H and O–H groups in total. The summed E-state index contributed by atoms with van der Waals surface area (Å²) >= 11 is 0. The maximum Gasteiger partial charge on any atom is 0.0964 e. The van der Waals surface area contributed by atoms with Crippen molar-refractivity contribution in [1.82, 2.24) is 10.3 Å². The number of pyridine rings is 1. The Morgan fingerprint density at radius 3 is 3.07 bits per heavy atom. The maximum atomic E-state index is 5.97. The fourth-order valence-corrected chi connectivity index (χ4v) is 2.52. The van der Waals surface area contributed by atoms with Crippen LogP contribution in [0.5, 0.6) is 0 Å². The Morgan fingerprint density at radius 1 is 1.36 bits per heavy atom. The van der Waals surface area contributed by atoms with Gasteiger partial charge in [-0.1, -0.05) is 0 Å². The van der Waals surface area contributed by atoms with Gasteiger partial charge in [-0.05, 0) is 37.6 Å². The van der Waals surface area contributed by atoms with E-state index in [0.717, 1.165) is 32.5 Å². The summed E-state index contributed by atoms with van der Waals surface area (Å²) in [5, 5.41) is 3.37. The summed E-state index contributed by atoms with van der Waals surface area (Å²) in [4.78, 5) is 4.14. The molecule has 0 saturated carbocycles. The van der Waals surface area contributed by atoms with E-state index in [-0.39, 0.29) is 5.60 Å². The van der Waals surface area contributed by atoms with E-state index in [1.165, 1.54) is 11.1 Å². The number of fused-ring (bicyclic) bond motifs is 2. The minimum atomic E-state index is 0.00350. The lowest BCUT2D eigenvalue weighted by Crippen LogP contribution is -2.39. The fraction of sp³-hybridized carbons (Fsp3) is 0.545. The number of nitrogens with one attached hydrogen (secondary N) is 1. The van der Waals surface area contributed by atoms with Gasteiger partial charge in [-0.15, -0.1) is 0 Å². The van der Waals surface area contributed by atoms with Gasteiger partial charge < -0.3 is 10.1 Å². The van der Waals surface area contributed by atoms with Crippen molar-refractivity contribution in [3.8, 4) is 0 Å². The molecule has 74 valence electrons. The number of rotatable bonds is 0. The van der Waals surface area contributed by atoms with Gasteiger partial charge in [0.15, 0.2) is 0 Å². The standard InChI is InChI=1S/C11H14N2O/c1-4-13-7-9-8-14-11(10(1)9)2-5-12-6-3-11/h1,4,7,12H,2-3,5-6,8H2. The molecule has 0 aromatic carbocycles. The molecule has 0 radical (unpaired) electrons. The SMILES string of the molecule is c1cc2c(cn1)COC21CCNCC1. The second-order valence-corrected chi connectivity index (χ2v) is 4.07. The molecule has 3 rings (SSSR count). The zero-order chi connectivity index (χ0) is 9.43. The molecular weight excluding hydrogens is 176 g/mol. The smallest absolute Gasteiger partial charge is 0.0964 e. The van der Waals surface area contributed by atoms with Crippen LogP contribution in [0.3, 0.4) is 0 Å². The average molecular weight is 190 g/mol. The summed E-state index contributed by atoms with van der Waals surface area (Å²) in [6, 6.07) is 2.12. The minimum absolute atomic E-state index is 0.00350. The molecule has 1 saturated heterocycles. The van der Waals surface area contributed by atoms with Crippen LogP contribution in [0.15, 0.2) is 18.5 Å². The third kappa shape index (κ3) is 1.09. The molecular formula is C11H14N2O. The Morgan fingerprint density at radius 2 is 2.21 bits per heavy atom. The van der Waals surface area contributed by atoms with Crippen LogP contribution < -0.4 is 5.32 Å². The van der Waals surface area contributed by atoms with Gasteiger partial charge in [0.25, 0.3) is 0 Å². The fourth-order valence-electron chi connectivity index (χ4n) is 2.52. The first-order valence-electron chi connectivity index (χ1n) is 5.19. The summed E-state index contributed by atoms with van der Waals surface area (Å²) in [5.74, 6) is 0. The van der Waals surface area contributed by atoms with Crippen LogP contribution in [0.4, 0.5) is 0 Å².